The van der Waals surface area contributed by atoms with Crippen LogP contribution in [0, 0.1) is 0 Å². The summed E-state index contributed by atoms with van der Waals surface area (Å²) < 4.78 is 10.2. The number of carbonyl (C=O) groups is 3. The average Bonchev–Trinajstić information content (AvgIpc) is 2.71. The SMILES string of the molecule is CCOC(=O)[C@@H]1CC[C@H](C(N)=O)N1C(=O)OC(C)(C)C. The highest BCUT2D eigenvalue weighted by atomic mass is 16.6. The quantitative estimate of drug-likeness (QED) is 0.774. The van der Waals surface area contributed by atoms with E-state index >= 15 is 0 Å². The van der Waals surface area contributed by atoms with Gasteiger partial charge in [0.25, 0.3) is 0 Å². The number of hydrogen-bond donors (Lipinski definition) is 1. The molecule has 0 spiro atoms. The lowest BCUT2D eigenvalue weighted by Gasteiger charge is -2.30. The number of nitrogens with zero attached hydrogens (tertiary/aromatic N) is 1. The van der Waals surface area contributed by atoms with Crippen LogP contribution >= 0.6 is 0 Å². The Labute approximate surface area is 118 Å². The van der Waals surface area contributed by atoms with Gasteiger partial charge in [-0.3, -0.25) is 9.69 Å². The zero-order valence-electron chi connectivity index (χ0n) is 12.3. The number of ether oxygens (including phenoxy) is 2. The summed E-state index contributed by atoms with van der Waals surface area (Å²) in [6.45, 7) is 7.01. The lowest BCUT2D eigenvalue weighted by molar-refractivity contribution is -0.149. The normalized spacial score (nSPS) is 22.5. The summed E-state index contributed by atoms with van der Waals surface area (Å²) in [5.41, 5.74) is 4.56. The summed E-state index contributed by atoms with van der Waals surface area (Å²) in [6.07, 6.45) is -0.0548. The lowest BCUT2D eigenvalue weighted by Crippen LogP contribution is -2.51. The Hall–Kier alpha value is -1.79. The smallest absolute Gasteiger partial charge is 0.411 e. The second-order valence-electron chi connectivity index (χ2n) is 5.65. The van der Waals surface area contributed by atoms with Crippen LogP contribution in [-0.4, -0.2) is 47.2 Å². The van der Waals surface area contributed by atoms with Crippen molar-refractivity contribution in [1.82, 2.24) is 4.90 Å². The van der Waals surface area contributed by atoms with Gasteiger partial charge in [0, 0.05) is 0 Å². The predicted molar refractivity (Wildman–Crippen MR) is 70.7 cm³/mol. The van der Waals surface area contributed by atoms with E-state index in [0.29, 0.717) is 12.8 Å². The van der Waals surface area contributed by atoms with Crippen LogP contribution in [0.2, 0.25) is 0 Å². The van der Waals surface area contributed by atoms with Crippen LogP contribution in [-0.2, 0) is 19.1 Å². The minimum absolute atomic E-state index is 0.207. The van der Waals surface area contributed by atoms with Gasteiger partial charge in [-0.25, -0.2) is 9.59 Å². The van der Waals surface area contributed by atoms with Gasteiger partial charge in [0.05, 0.1) is 6.61 Å². The third kappa shape index (κ3) is 3.85. The second kappa shape index (κ2) is 6.11. The van der Waals surface area contributed by atoms with Crippen molar-refractivity contribution in [3.8, 4) is 0 Å². The first-order valence-corrected chi connectivity index (χ1v) is 6.64. The number of rotatable bonds is 3. The Morgan fingerprint density at radius 1 is 1.20 bits per heavy atom. The maximum Gasteiger partial charge on any atom is 0.411 e. The van der Waals surface area contributed by atoms with Crippen molar-refractivity contribution in [2.45, 2.75) is 58.2 Å². The van der Waals surface area contributed by atoms with Gasteiger partial charge >= 0.3 is 12.1 Å². The molecular formula is C13H22N2O5. The molecule has 0 aromatic carbocycles. The number of primary amides is 1. The maximum absolute atomic E-state index is 12.2. The molecule has 1 rings (SSSR count). The second-order valence-corrected chi connectivity index (χ2v) is 5.65. The van der Waals surface area contributed by atoms with Crippen molar-refractivity contribution >= 4 is 18.0 Å². The van der Waals surface area contributed by atoms with Crippen molar-refractivity contribution in [2.24, 2.45) is 5.73 Å². The fraction of sp³-hybridized carbons (Fsp3) is 0.769. The Bertz CT molecular complexity index is 402. The first-order valence-electron chi connectivity index (χ1n) is 6.64. The first kappa shape index (κ1) is 16.3. The summed E-state index contributed by atoms with van der Waals surface area (Å²) >= 11 is 0. The number of likely N-dealkylation sites (tertiary alicyclic amines) is 1. The van der Waals surface area contributed by atoms with Gasteiger partial charge in [-0.05, 0) is 40.5 Å². The summed E-state index contributed by atoms with van der Waals surface area (Å²) in [6, 6.07) is -1.65. The van der Waals surface area contributed by atoms with Crippen molar-refractivity contribution in [1.29, 1.82) is 0 Å². The molecule has 0 unspecified atom stereocenters. The van der Waals surface area contributed by atoms with Crippen molar-refractivity contribution in [3.63, 3.8) is 0 Å². The predicted octanol–water partition coefficient (Wildman–Crippen LogP) is 0.803. The molecule has 1 heterocycles. The van der Waals surface area contributed by atoms with E-state index in [0.717, 1.165) is 4.90 Å². The van der Waals surface area contributed by atoms with E-state index in [1.165, 1.54) is 0 Å². The number of carbonyl (C=O) groups excluding carboxylic acids is 3. The molecule has 2 N–H and O–H groups in total. The van der Waals surface area contributed by atoms with E-state index in [4.69, 9.17) is 15.2 Å². The van der Waals surface area contributed by atoms with E-state index in [2.05, 4.69) is 0 Å². The Balaban J connectivity index is 2.94. The molecule has 0 bridgehead atoms. The highest BCUT2D eigenvalue weighted by molar-refractivity contribution is 5.89. The number of nitrogens with two attached hydrogens (primary N) is 1. The average molecular weight is 286 g/mol. The third-order valence-corrected chi connectivity index (χ3v) is 2.88. The molecule has 0 saturated carbocycles. The van der Waals surface area contributed by atoms with E-state index < -0.39 is 35.7 Å². The molecule has 20 heavy (non-hydrogen) atoms. The molecule has 1 fully saturated rings. The minimum atomic E-state index is -0.834. The highest BCUT2D eigenvalue weighted by Crippen LogP contribution is 2.27. The molecule has 0 aromatic heterocycles. The summed E-state index contributed by atoms with van der Waals surface area (Å²) in [5, 5.41) is 0. The summed E-state index contributed by atoms with van der Waals surface area (Å²) in [7, 11) is 0. The fourth-order valence-corrected chi connectivity index (χ4v) is 2.13. The Morgan fingerprint density at radius 2 is 1.75 bits per heavy atom. The molecule has 7 nitrogen and oxygen atoms in total. The molecule has 114 valence electrons. The van der Waals surface area contributed by atoms with Gasteiger partial charge in [-0.2, -0.15) is 0 Å². The molecule has 2 atom stereocenters. The Morgan fingerprint density at radius 3 is 2.20 bits per heavy atom. The van der Waals surface area contributed by atoms with E-state index in [1.54, 1.807) is 27.7 Å². The van der Waals surface area contributed by atoms with Gasteiger partial charge in [0.15, 0.2) is 0 Å². The largest absolute Gasteiger partial charge is 0.464 e. The van der Waals surface area contributed by atoms with Gasteiger partial charge < -0.3 is 15.2 Å². The lowest BCUT2D eigenvalue weighted by atomic mass is 10.2. The summed E-state index contributed by atoms with van der Waals surface area (Å²) in [5.74, 6) is -1.19. The zero-order valence-corrected chi connectivity index (χ0v) is 12.3. The van der Waals surface area contributed by atoms with Crippen LogP contribution in [0.15, 0.2) is 0 Å². The van der Waals surface area contributed by atoms with Gasteiger partial charge in [-0.15, -0.1) is 0 Å². The molecule has 0 aliphatic carbocycles. The molecule has 7 heteroatoms. The minimum Gasteiger partial charge on any atom is -0.464 e. The zero-order chi connectivity index (χ0) is 15.5. The first-order chi connectivity index (χ1) is 9.17. The molecule has 0 radical (unpaired) electrons. The monoisotopic (exact) mass is 286 g/mol. The van der Waals surface area contributed by atoms with E-state index in [9.17, 15) is 14.4 Å². The third-order valence-electron chi connectivity index (χ3n) is 2.88. The van der Waals surface area contributed by atoms with E-state index in [-0.39, 0.29) is 6.61 Å². The highest BCUT2D eigenvalue weighted by Gasteiger charge is 2.46. The maximum atomic E-state index is 12.2. The fourth-order valence-electron chi connectivity index (χ4n) is 2.13. The summed E-state index contributed by atoms with van der Waals surface area (Å²) in [4.78, 5) is 36.6. The molecule has 1 aliphatic rings. The number of hydrogen-bond acceptors (Lipinski definition) is 5. The number of amides is 2. The molecule has 1 aliphatic heterocycles. The van der Waals surface area contributed by atoms with Crippen LogP contribution in [0.25, 0.3) is 0 Å². The molecule has 0 aromatic rings. The van der Waals surface area contributed by atoms with Gasteiger partial charge in [0.1, 0.15) is 17.7 Å². The van der Waals surface area contributed by atoms with Crippen molar-refractivity contribution < 1.29 is 23.9 Å². The van der Waals surface area contributed by atoms with E-state index in [1.807, 2.05) is 0 Å². The van der Waals surface area contributed by atoms with Gasteiger partial charge in [-0.1, -0.05) is 0 Å². The molecular weight excluding hydrogens is 264 g/mol. The standard InChI is InChI=1S/C13H22N2O5/c1-5-19-11(17)9-7-6-8(10(14)16)15(9)12(18)20-13(2,3)4/h8-9H,5-7H2,1-4H3,(H2,14,16)/t8-,9+/m1/s1. The van der Waals surface area contributed by atoms with Crippen molar-refractivity contribution in [2.75, 3.05) is 6.61 Å². The van der Waals surface area contributed by atoms with Crippen LogP contribution in [0.1, 0.15) is 40.5 Å². The van der Waals surface area contributed by atoms with Crippen LogP contribution in [0.4, 0.5) is 4.79 Å². The number of esters is 1. The van der Waals surface area contributed by atoms with Crippen molar-refractivity contribution in [3.05, 3.63) is 0 Å². The van der Waals surface area contributed by atoms with Crippen LogP contribution < -0.4 is 5.73 Å². The molecule has 1 saturated heterocycles. The topological polar surface area (TPSA) is 98.9 Å². The molecule has 2 amide bonds. The van der Waals surface area contributed by atoms with Gasteiger partial charge in [0.2, 0.25) is 5.91 Å². The van der Waals surface area contributed by atoms with Crippen LogP contribution in [0.3, 0.4) is 0 Å². The van der Waals surface area contributed by atoms with Crippen LogP contribution in [0.5, 0.6) is 0 Å². The Kier molecular flexibility index (Phi) is 4.97.